The van der Waals surface area contributed by atoms with E-state index >= 15 is 0 Å². The molecular weight excluding hydrogens is 540 g/mol. The van der Waals surface area contributed by atoms with Gasteiger partial charge in [0.2, 0.25) is 16.0 Å². The molecule has 0 saturated carbocycles. The lowest BCUT2D eigenvalue weighted by Crippen LogP contribution is -2.50. The average Bonchev–Trinajstić information content (AvgIpc) is 3.31. The standard InChI is InChI=1S/C27H31F2N7O3S/c1-17-12-22(9-11-36(17)25(37)18-8-10-30-24(13-18)34-40(3,38)39)35-15-19-14-31-26(33-23(19)16-35)32-21-6-4-20(5-7-21)27(2,28)29/h4-8,10,13-14,17,22H,9,11-12,15-16H2,1-3H3,(H,30,34)(H,31,32,33)/t17-,22-/m1/s1. The van der Waals surface area contributed by atoms with Gasteiger partial charge >= 0.3 is 0 Å². The summed E-state index contributed by atoms with van der Waals surface area (Å²) >= 11 is 0. The van der Waals surface area contributed by atoms with E-state index in [1.807, 2.05) is 11.8 Å². The predicted molar refractivity (Wildman–Crippen MR) is 147 cm³/mol. The molecular formula is C27H31F2N7O3S. The Hall–Kier alpha value is -3.71. The van der Waals surface area contributed by atoms with Crippen LogP contribution in [0.5, 0.6) is 0 Å². The summed E-state index contributed by atoms with van der Waals surface area (Å²) in [6.07, 6.45) is 5.82. The number of carbonyl (C=O) groups excluding carboxylic acids is 1. The minimum atomic E-state index is -3.50. The summed E-state index contributed by atoms with van der Waals surface area (Å²) in [5.74, 6) is -2.54. The molecule has 0 bridgehead atoms. The fourth-order valence-electron chi connectivity index (χ4n) is 5.23. The summed E-state index contributed by atoms with van der Waals surface area (Å²) in [7, 11) is -3.50. The number of piperidine rings is 1. The van der Waals surface area contributed by atoms with Crippen LogP contribution in [0.3, 0.4) is 0 Å². The highest BCUT2D eigenvalue weighted by Crippen LogP contribution is 2.31. The first-order valence-corrected chi connectivity index (χ1v) is 14.8. The van der Waals surface area contributed by atoms with Crippen molar-refractivity contribution in [2.45, 2.75) is 57.8 Å². The molecule has 5 rings (SSSR count). The molecule has 2 aromatic heterocycles. The number of hydrogen-bond donors (Lipinski definition) is 2. The summed E-state index contributed by atoms with van der Waals surface area (Å²) in [6, 6.07) is 9.22. The number of likely N-dealkylation sites (tertiary alicyclic amines) is 1. The number of aromatic nitrogens is 3. The van der Waals surface area contributed by atoms with Gasteiger partial charge in [0.15, 0.2) is 0 Å². The number of amides is 1. The molecule has 0 spiro atoms. The highest BCUT2D eigenvalue weighted by molar-refractivity contribution is 7.92. The number of hydrogen-bond acceptors (Lipinski definition) is 8. The number of nitrogens with zero attached hydrogens (tertiary/aromatic N) is 5. The first-order chi connectivity index (χ1) is 18.9. The summed E-state index contributed by atoms with van der Waals surface area (Å²) in [6.45, 7) is 4.83. The van der Waals surface area contributed by atoms with Gasteiger partial charge in [0.25, 0.3) is 11.8 Å². The molecule has 13 heteroatoms. The van der Waals surface area contributed by atoms with Crippen LogP contribution in [-0.2, 0) is 29.0 Å². The number of halogens is 2. The predicted octanol–water partition coefficient (Wildman–Crippen LogP) is 4.11. The molecule has 0 aliphatic carbocycles. The van der Waals surface area contributed by atoms with Crippen molar-refractivity contribution < 1.29 is 22.0 Å². The lowest BCUT2D eigenvalue weighted by atomic mass is 9.96. The fourth-order valence-corrected chi connectivity index (χ4v) is 5.72. The number of anilines is 3. The minimum absolute atomic E-state index is 0.0174. The topological polar surface area (TPSA) is 120 Å². The van der Waals surface area contributed by atoms with Gasteiger partial charge in [-0.2, -0.15) is 0 Å². The second-order valence-corrected chi connectivity index (χ2v) is 12.2. The first-order valence-electron chi connectivity index (χ1n) is 12.9. The van der Waals surface area contributed by atoms with Gasteiger partial charge in [-0.3, -0.25) is 14.4 Å². The van der Waals surface area contributed by atoms with Crippen LogP contribution in [0.2, 0.25) is 0 Å². The fraction of sp³-hybridized carbons (Fsp3) is 0.407. The van der Waals surface area contributed by atoms with E-state index in [4.69, 9.17) is 0 Å². The molecule has 40 heavy (non-hydrogen) atoms. The molecule has 2 atom stereocenters. The van der Waals surface area contributed by atoms with Crippen molar-refractivity contribution >= 4 is 33.4 Å². The van der Waals surface area contributed by atoms with Gasteiger partial charge in [0, 0.05) is 73.4 Å². The molecule has 0 unspecified atom stereocenters. The number of fused-ring (bicyclic) bond motifs is 1. The van der Waals surface area contributed by atoms with Crippen molar-refractivity contribution in [3.05, 3.63) is 71.2 Å². The number of nitrogens with one attached hydrogen (secondary N) is 2. The van der Waals surface area contributed by atoms with Crippen LogP contribution in [0, 0.1) is 0 Å². The lowest BCUT2D eigenvalue weighted by Gasteiger charge is -2.41. The zero-order valence-corrected chi connectivity index (χ0v) is 23.3. The molecule has 1 fully saturated rings. The van der Waals surface area contributed by atoms with E-state index in [2.05, 4.69) is 29.9 Å². The summed E-state index contributed by atoms with van der Waals surface area (Å²) in [5.41, 5.74) is 2.92. The highest BCUT2D eigenvalue weighted by atomic mass is 32.2. The van der Waals surface area contributed by atoms with Crippen LogP contribution >= 0.6 is 0 Å². The molecule has 2 aliphatic rings. The van der Waals surface area contributed by atoms with Gasteiger partial charge in [-0.15, -0.1) is 0 Å². The smallest absolute Gasteiger partial charge is 0.270 e. The third-order valence-electron chi connectivity index (χ3n) is 7.25. The largest absolute Gasteiger partial charge is 0.336 e. The van der Waals surface area contributed by atoms with Crippen molar-refractivity contribution in [3.63, 3.8) is 0 Å². The molecule has 1 amide bonds. The van der Waals surface area contributed by atoms with Crippen molar-refractivity contribution in [1.29, 1.82) is 0 Å². The molecule has 2 N–H and O–H groups in total. The monoisotopic (exact) mass is 571 g/mol. The second kappa shape index (κ2) is 10.7. The van der Waals surface area contributed by atoms with Gasteiger partial charge in [-0.1, -0.05) is 12.1 Å². The zero-order valence-electron chi connectivity index (χ0n) is 22.4. The molecule has 3 aromatic rings. The van der Waals surface area contributed by atoms with Gasteiger partial charge in [-0.05, 0) is 44.0 Å². The normalized spacial score (nSPS) is 19.8. The molecule has 1 saturated heterocycles. The second-order valence-electron chi connectivity index (χ2n) is 10.5. The highest BCUT2D eigenvalue weighted by Gasteiger charge is 2.35. The van der Waals surface area contributed by atoms with Gasteiger partial charge in [-0.25, -0.2) is 32.2 Å². The Bertz CT molecular complexity index is 1510. The van der Waals surface area contributed by atoms with E-state index in [9.17, 15) is 22.0 Å². The van der Waals surface area contributed by atoms with Crippen LogP contribution in [0.1, 0.15) is 53.9 Å². The minimum Gasteiger partial charge on any atom is -0.336 e. The SMILES string of the molecule is C[C@@H]1C[C@H](N2Cc3cnc(Nc4ccc(C(C)(F)F)cc4)nc3C2)CCN1C(=O)c1ccnc(NS(C)(=O)=O)c1. The van der Waals surface area contributed by atoms with E-state index < -0.39 is 15.9 Å². The van der Waals surface area contributed by atoms with Crippen LogP contribution in [0.15, 0.2) is 48.8 Å². The summed E-state index contributed by atoms with van der Waals surface area (Å²) < 4.78 is 52.4. The van der Waals surface area contributed by atoms with Gasteiger partial charge in [0.1, 0.15) is 5.82 Å². The number of carbonyl (C=O) groups is 1. The molecule has 4 heterocycles. The average molecular weight is 572 g/mol. The summed E-state index contributed by atoms with van der Waals surface area (Å²) in [4.78, 5) is 30.5. The van der Waals surface area contributed by atoms with Crippen LogP contribution in [-0.4, -0.2) is 64.0 Å². The van der Waals surface area contributed by atoms with Crippen LogP contribution in [0.25, 0.3) is 0 Å². The third-order valence-corrected chi connectivity index (χ3v) is 7.83. The van der Waals surface area contributed by atoms with Crippen LogP contribution in [0.4, 0.5) is 26.2 Å². The maximum absolute atomic E-state index is 13.5. The van der Waals surface area contributed by atoms with E-state index in [-0.39, 0.29) is 29.4 Å². The van der Waals surface area contributed by atoms with Crippen molar-refractivity contribution in [2.75, 3.05) is 22.8 Å². The number of sulfonamides is 1. The van der Waals surface area contributed by atoms with Gasteiger partial charge < -0.3 is 10.2 Å². The number of alkyl halides is 2. The van der Waals surface area contributed by atoms with Crippen LogP contribution < -0.4 is 10.0 Å². The van der Waals surface area contributed by atoms with Crippen molar-refractivity contribution in [3.8, 4) is 0 Å². The Morgan fingerprint density at radius 3 is 2.55 bits per heavy atom. The number of rotatable bonds is 7. The Kier molecular flexibility index (Phi) is 7.44. The van der Waals surface area contributed by atoms with E-state index in [1.165, 1.54) is 24.4 Å². The Morgan fingerprint density at radius 2 is 1.88 bits per heavy atom. The first kappa shape index (κ1) is 27.8. The van der Waals surface area contributed by atoms with E-state index in [0.717, 1.165) is 37.3 Å². The number of pyridine rings is 1. The van der Waals surface area contributed by atoms with Crippen molar-refractivity contribution in [2.24, 2.45) is 0 Å². The summed E-state index contributed by atoms with van der Waals surface area (Å²) in [5, 5.41) is 3.09. The molecule has 2 aliphatic heterocycles. The van der Waals surface area contributed by atoms with E-state index in [1.54, 1.807) is 24.4 Å². The molecule has 0 radical (unpaired) electrons. The zero-order chi connectivity index (χ0) is 28.7. The lowest BCUT2D eigenvalue weighted by molar-refractivity contribution is 0.0175. The van der Waals surface area contributed by atoms with E-state index in [0.29, 0.717) is 36.8 Å². The third kappa shape index (κ3) is 6.36. The molecule has 212 valence electrons. The number of benzene rings is 1. The van der Waals surface area contributed by atoms with Crippen molar-refractivity contribution in [1.82, 2.24) is 24.8 Å². The quantitative estimate of drug-likeness (QED) is 0.435. The Balaban J connectivity index is 1.19. The Morgan fingerprint density at radius 1 is 1.12 bits per heavy atom. The maximum atomic E-state index is 13.5. The maximum Gasteiger partial charge on any atom is 0.270 e. The Labute approximate surface area is 231 Å². The molecule has 10 nitrogen and oxygen atoms in total. The molecule has 1 aromatic carbocycles. The van der Waals surface area contributed by atoms with Gasteiger partial charge in [0.05, 0.1) is 11.9 Å².